The summed E-state index contributed by atoms with van der Waals surface area (Å²) in [5.74, 6) is 0. The van der Waals surface area contributed by atoms with Crippen LogP contribution < -0.4 is 5.32 Å². The normalized spacial score (nSPS) is 10.3. The zero-order valence-corrected chi connectivity index (χ0v) is 9.90. The van der Waals surface area contributed by atoms with Crippen LogP contribution in [0.4, 0.5) is 5.69 Å². The van der Waals surface area contributed by atoms with Crippen LogP contribution in [0.15, 0.2) is 29.9 Å². The third-order valence-corrected chi connectivity index (χ3v) is 3.15. The fraction of sp³-hybridized carbons (Fsp3) is 0.182. The molecule has 1 N–H and O–H groups in total. The van der Waals surface area contributed by atoms with Gasteiger partial charge in [-0.1, -0.05) is 17.7 Å². The minimum Gasteiger partial charge on any atom is -0.380 e. The van der Waals surface area contributed by atoms with E-state index in [1.165, 1.54) is 10.4 Å². The lowest BCUT2D eigenvalue weighted by Crippen LogP contribution is -1.99. The third kappa shape index (κ3) is 2.70. The van der Waals surface area contributed by atoms with Gasteiger partial charge in [-0.25, -0.2) is 0 Å². The Morgan fingerprint density at radius 3 is 3.07 bits per heavy atom. The molecule has 1 aromatic heterocycles. The van der Waals surface area contributed by atoms with Crippen LogP contribution in [0.3, 0.4) is 0 Å². The maximum Gasteiger partial charge on any atom is 0.0794 e. The standard InChI is InChI=1S/C11H11ClN2S/c1-8-2-3-9(12)4-11(8)14-6-10-5-13-7-15-10/h2-5,7,14H,6H2,1H3. The molecule has 0 radical (unpaired) electrons. The highest BCUT2D eigenvalue weighted by Gasteiger charge is 1.99. The number of hydrogen-bond donors (Lipinski definition) is 1. The number of hydrogen-bond acceptors (Lipinski definition) is 3. The fourth-order valence-electron chi connectivity index (χ4n) is 1.30. The van der Waals surface area contributed by atoms with E-state index in [0.29, 0.717) is 0 Å². The number of nitrogens with zero attached hydrogens (tertiary/aromatic N) is 1. The first kappa shape index (κ1) is 10.5. The summed E-state index contributed by atoms with van der Waals surface area (Å²) in [6.45, 7) is 2.86. The van der Waals surface area contributed by atoms with Crippen molar-refractivity contribution in [3.05, 3.63) is 45.4 Å². The number of aryl methyl sites for hydroxylation is 1. The second-order valence-electron chi connectivity index (χ2n) is 3.28. The van der Waals surface area contributed by atoms with Crippen molar-refractivity contribution in [1.82, 2.24) is 4.98 Å². The molecule has 0 amide bonds. The highest BCUT2D eigenvalue weighted by atomic mass is 35.5. The van der Waals surface area contributed by atoms with Crippen molar-refractivity contribution in [3.8, 4) is 0 Å². The number of anilines is 1. The van der Waals surface area contributed by atoms with Crippen LogP contribution in [0.1, 0.15) is 10.4 Å². The molecule has 0 bridgehead atoms. The second-order valence-corrected chi connectivity index (χ2v) is 4.69. The van der Waals surface area contributed by atoms with Crippen molar-refractivity contribution in [2.45, 2.75) is 13.5 Å². The van der Waals surface area contributed by atoms with Gasteiger partial charge in [0.2, 0.25) is 0 Å². The Morgan fingerprint density at radius 2 is 2.33 bits per heavy atom. The molecule has 0 saturated heterocycles. The van der Waals surface area contributed by atoms with Crippen molar-refractivity contribution in [3.63, 3.8) is 0 Å². The lowest BCUT2D eigenvalue weighted by atomic mass is 10.2. The van der Waals surface area contributed by atoms with Gasteiger partial charge < -0.3 is 5.32 Å². The summed E-state index contributed by atoms with van der Waals surface area (Å²) < 4.78 is 0. The minimum absolute atomic E-state index is 0.757. The number of nitrogens with one attached hydrogen (secondary N) is 1. The van der Waals surface area contributed by atoms with Gasteiger partial charge >= 0.3 is 0 Å². The van der Waals surface area contributed by atoms with Gasteiger partial charge in [-0.3, -0.25) is 4.98 Å². The van der Waals surface area contributed by atoms with Crippen molar-refractivity contribution in [2.24, 2.45) is 0 Å². The summed E-state index contributed by atoms with van der Waals surface area (Å²) in [5, 5.41) is 4.10. The van der Waals surface area contributed by atoms with E-state index in [1.807, 2.05) is 29.9 Å². The number of aromatic nitrogens is 1. The summed E-state index contributed by atoms with van der Waals surface area (Å²) in [5.41, 5.74) is 4.11. The number of rotatable bonds is 3. The summed E-state index contributed by atoms with van der Waals surface area (Å²) >= 11 is 7.57. The molecule has 2 nitrogen and oxygen atoms in total. The largest absolute Gasteiger partial charge is 0.380 e. The molecule has 1 heterocycles. The van der Waals surface area contributed by atoms with Gasteiger partial charge in [0.25, 0.3) is 0 Å². The summed E-state index contributed by atoms with van der Waals surface area (Å²) in [7, 11) is 0. The third-order valence-electron chi connectivity index (χ3n) is 2.14. The predicted octanol–water partition coefficient (Wildman–Crippen LogP) is 3.72. The summed E-state index contributed by atoms with van der Waals surface area (Å²) in [4.78, 5) is 5.24. The van der Waals surface area contributed by atoms with E-state index in [0.717, 1.165) is 17.3 Å². The Bertz CT molecular complexity index is 440. The Morgan fingerprint density at radius 1 is 1.47 bits per heavy atom. The lowest BCUT2D eigenvalue weighted by molar-refractivity contribution is 1.16. The molecule has 0 aliphatic heterocycles. The maximum atomic E-state index is 5.93. The molecular weight excluding hydrogens is 228 g/mol. The van der Waals surface area contributed by atoms with Crippen molar-refractivity contribution >= 4 is 28.6 Å². The molecule has 78 valence electrons. The molecule has 0 spiro atoms. The Labute approximate surface area is 97.9 Å². The van der Waals surface area contributed by atoms with E-state index in [9.17, 15) is 0 Å². The van der Waals surface area contributed by atoms with E-state index in [4.69, 9.17) is 11.6 Å². The molecule has 15 heavy (non-hydrogen) atoms. The average Bonchev–Trinajstić information content (AvgIpc) is 2.72. The molecular formula is C11H11ClN2S. The zero-order valence-electron chi connectivity index (χ0n) is 8.33. The molecule has 0 fully saturated rings. The quantitative estimate of drug-likeness (QED) is 0.882. The van der Waals surface area contributed by atoms with Crippen LogP contribution in [0.5, 0.6) is 0 Å². The van der Waals surface area contributed by atoms with E-state index in [-0.39, 0.29) is 0 Å². The van der Waals surface area contributed by atoms with Crippen molar-refractivity contribution in [1.29, 1.82) is 0 Å². The Hall–Kier alpha value is -1.06. The highest BCUT2D eigenvalue weighted by Crippen LogP contribution is 2.21. The topological polar surface area (TPSA) is 24.9 Å². The molecule has 0 aliphatic carbocycles. The minimum atomic E-state index is 0.757. The molecule has 0 unspecified atom stereocenters. The second kappa shape index (κ2) is 4.64. The molecule has 4 heteroatoms. The van der Waals surface area contributed by atoms with Gasteiger partial charge in [0, 0.05) is 21.8 Å². The van der Waals surface area contributed by atoms with E-state index < -0.39 is 0 Å². The number of halogens is 1. The molecule has 0 aliphatic rings. The van der Waals surface area contributed by atoms with E-state index >= 15 is 0 Å². The monoisotopic (exact) mass is 238 g/mol. The summed E-state index contributed by atoms with van der Waals surface area (Å²) in [6, 6.07) is 5.85. The molecule has 1 aromatic carbocycles. The first-order valence-corrected chi connectivity index (χ1v) is 5.89. The van der Waals surface area contributed by atoms with Crippen molar-refractivity contribution in [2.75, 3.05) is 5.32 Å². The first-order chi connectivity index (χ1) is 7.25. The van der Waals surface area contributed by atoms with Gasteiger partial charge in [0.05, 0.1) is 12.1 Å². The molecule has 0 atom stereocenters. The van der Waals surface area contributed by atoms with Crippen molar-refractivity contribution < 1.29 is 0 Å². The zero-order chi connectivity index (χ0) is 10.7. The van der Waals surface area contributed by atoms with Crippen LogP contribution >= 0.6 is 22.9 Å². The van der Waals surface area contributed by atoms with Gasteiger partial charge in [0.1, 0.15) is 0 Å². The number of thiazole rings is 1. The van der Waals surface area contributed by atoms with Crippen LogP contribution in [-0.4, -0.2) is 4.98 Å². The SMILES string of the molecule is Cc1ccc(Cl)cc1NCc1cncs1. The van der Waals surface area contributed by atoms with Gasteiger partial charge in [-0.05, 0) is 24.6 Å². The van der Waals surface area contributed by atoms with Crippen LogP contribution in [-0.2, 0) is 6.54 Å². The molecule has 2 rings (SSSR count). The number of benzene rings is 1. The Kier molecular flexibility index (Phi) is 3.23. The van der Waals surface area contributed by atoms with Gasteiger partial charge in [-0.15, -0.1) is 11.3 Å². The van der Waals surface area contributed by atoms with Gasteiger partial charge in [-0.2, -0.15) is 0 Å². The average molecular weight is 239 g/mol. The molecule has 2 aromatic rings. The van der Waals surface area contributed by atoms with E-state index in [1.54, 1.807) is 11.3 Å². The lowest BCUT2D eigenvalue weighted by Gasteiger charge is -2.08. The van der Waals surface area contributed by atoms with Gasteiger partial charge in [0.15, 0.2) is 0 Å². The Balaban J connectivity index is 2.07. The fourth-order valence-corrected chi connectivity index (χ4v) is 2.00. The summed E-state index contributed by atoms with van der Waals surface area (Å²) in [6.07, 6.45) is 1.87. The highest BCUT2D eigenvalue weighted by molar-refractivity contribution is 7.09. The van der Waals surface area contributed by atoms with E-state index in [2.05, 4.69) is 17.2 Å². The van der Waals surface area contributed by atoms with Crippen LogP contribution in [0.25, 0.3) is 0 Å². The first-order valence-electron chi connectivity index (χ1n) is 4.63. The maximum absolute atomic E-state index is 5.93. The molecule has 0 saturated carbocycles. The van der Waals surface area contributed by atoms with Crippen LogP contribution in [0.2, 0.25) is 5.02 Å². The predicted molar refractivity (Wildman–Crippen MR) is 65.6 cm³/mol. The van der Waals surface area contributed by atoms with Crippen LogP contribution in [0, 0.1) is 6.92 Å². The smallest absolute Gasteiger partial charge is 0.0794 e.